The number of nitrogens with zero attached hydrogens (tertiary/aromatic N) is 2. The predicted molar refractivity (Wildman–Crippen MR) is 93.4 cm³/mol. The molecule has 0 aliphatic carbocycles. The Morgan fingerprint density at radius 2 is 1.96 bits per heavy atom. The van der Waals surface area contributed by atoms with Gasteiger partial charge in [0.2, 0.25) is 5.88 Å². The molecule has 0 N–H and O–H groups in total. The summed E-state index contributed by atoms with van der Waals surface area (Å²) in [4.78, 5) is 7.09. The van der Waals surface area contributed by atoms with Crippen LogP contribution in [0.25, 0.3) is 0 Å². The van der Waals surface area contributed by atoms with Crippen LogP contribution in [0.5, 0.6) is 5.88 Å². The molecular formula is C20H26N2O. The Kier molecular flexibility index (Phi) is 5.29. The van der Waals surface area contributed by atoms with Gasteiger partial charge in [-0.15, -0.1) is 0 Å². The lowest BCUT2D eigenvalue weighted by Gasteiger charge is -2.39. The molecule has 0 radical (unpaired) electrons. The van der Waals surface area contributed by atoms with E-state index in [0.29, 0.717) is 18.7 Å². The van der Waals surface area contributed by atoms with Crippen LogP contribution in [0.2, 0.25) is 0 Å². The minimum atomic E-state index is 0.420. The molecule has 1 aliphatic rings. The summed E-state index contributed by atoms with van der Waals surface area (Å²) in [6, 6.07) is 15.5. The fraction of sp³-hybridized carbons (Fsp3) is 0.450. The van der Waals surface area contributed by atoms with Gasteiger partial charge in [0.15, 0.2) is 0 Å². The highest BCUT2D eigenvalue weighted by Gasteiger charge is 2.28. The van der Waals surface area contributed by atoms with Crippen LogP contribution in [0.1, 0.15) is 50.3 Å². The van der Waals surface area contributed by atoms with E-state index in [1.54, 1.807) is 0 Å². The maximum atomic E-state index is 6.07. The summed E-state index contributed by atoms with van der Waals surface area (Å²) in [5.41, 5.74) is 2.41. The van der Waals surface area contributed by atoms with Gasteiger partial charge in [0.1, 0.15) is 6.61 Å². The average Bonchev–Trinajstić information content (AvgIpc) is 2.61. The molecule has 1 aromatic heterocycles. The van der Waals surface area contributed by atoms with Crippen molar-refractivity contribution >= 4 is 0 Å². The summed E-state index contributed by atoms with van der Waals surface area (Å²) in [5.74, 6) is 0.786. The standard InChI is InChI=1S/C20H26N2O/c1-16(2)22-14-7-6-12-19(22)18-11-8-13-21-20(18)23-15-17-9-4-3-5-10-17/h3-5,8-11,13,16,19H,6-7,12,14-15H2,1-2H3/t19-/m1/s1. The molecule has 122 valence electrons. The highest BCUT2D eigenvalue weighted by molar-refractivity contribution is 5.30. The third-order valence-electron chi connectivity index (χ3n) is 4.59. The van der Waals surface area contributed by atoms with Gasteiger partial charge >= 0.3 is 0 Å². The van der Waals surface area contributed by atoms with E-state index in [-0.39, 0.29) is 0 Å². The Labute approximate surface area is 139 Å². The van der Waals surface area contributed by atoms with Crippen molar-refractivity contribution in [3.63, 3.8) is 0 Å². The number of hydrogen-bond acceptors (Lipinski definition) is 3. The molecule has 23 heavy (non-hydrogen) atoms. The predicted octanol–water partition coefficient (Wildman–Crippen LogP) is 4.60. The molecule has 0 bridgehead atoms. The normalized spacial score (nSPS) is 19.0. The number of benzene rings is 1. The molecule has 0 unspecified atom stereocenters. The van der Waals surface area contributed by atoms with Crippen molar-refractivity contribution in [2.45, 2.75) is 51.8 Å². The van der Waals surface area contributed by atoms with Crippen LogP contribution in [0.3, 0.4) is 0 Å². The van der Waals surface area contributed by atoms with Gasteiger partial charge in [0.25, 0.3) is 0 Å². The number of ether oxygens (including phenoxy) is 1. The second kappa shape index (κ2) is 7.60. The maximum absolute atomic E-state index is 6.07. The molecule has 3 heteroatoms. The zero-order chi connectivity index (χ0) is 16.1. The summed E-state index contributed by atoms with van der Waals surface area (Å²) < 4.78 is 6.07. The molecule has 0 spiro atoms. The highest BCUT2D eigenvalue weighted by atomic mass is 16.5. The SMILES string of the molecule is CC(C)N1CCCC[C@@H]1c1cccnc1OCc1ccccc1. The molecular weight excluding hydrogens is 284 g/mol. The van der Waals surface area contributed by atoms with Gasteiger partial charge in [-0.05, 0) is 44.9 Å². The zero-order valence-corrected chi connectivity index (χ0v) is 14.1. The third kappa shape index (κ3) is 3.91. The summed E-state index contributed by atoms with van der Waals surface area (Å²) in [7, 11) is 0. The van der Waals surface area contributed by atoms with E-state index in [2.05, 4.69) is 41.9 Å². The average molecular weight is 310 g/mol. The van der Waals surface area contributed by atoms with Gasteiger partial charge in [0, 0.05) is 23.8 Å². The number of pyridine rings is 1. The first-order valence-electron chi connectivity index (χ1n) is 8.63. The van der Waals surface area contributed by atoms with E-state index >= 15 is 0 Å². The van der Waals surface area contributed by atoms with E-state index in [1.165, 1.54) is 30.4 Å². The summed E-state index contributed by atoms with van der Waals surface area (Å²) in [5, 5.41) is 0. The van der Waals surface area contributed by atoms with Gasteiger partial charge in [-0.1, -0.05) is 42.8 Å². The van der Waals surface area contributed by atoms with E-state index in [9.17, 15) is 0 Å². The van der Waals surface area contributed by atoms with Crippen LogP contribution < -0.4 is 4.74 Å². The van der Waals surface area contributed by atoms with Crippen molar-refractivity contribution in [1.82, 2.24) is 9.88 Å². The van der Waals surface area contributed by atoms with Gasteiger partial charge in [0.05, 0.1) is 0 Å². The molecule has 1 aromatic carbocycles. The lowest BCUT2D eigenvalue weighted by molar-refractivity contribution is 0.108. The third-order valence-corrected chi connectivity index (χ3v) is 4.59. The monoisotopic (exact) mass is 310 g/mol. The molecule has 2 heterocycles. The van der Waals surface area contributed by atoms with Gasteiger partial charge in [-0.2, -0.15) is 0 Å². The van der Waals surface area contributed by atoms with Crippen LogP contribution in [0.4, 0.5) is 0 Å². The molecule has 1 saturated heterocycles. The molecule has 0 amide bonds. The number of rotatable bonds is 5. The van der Waals surface area contributed by atoms with Gasteiger partial charge in [-0.25, -0.2) is 4.98 Å². The van der Waals surface area contributed by atoms with Crippen molar-refractivity contribution in [3.05, 3.63) is 59.8 Å². The van der Waals surface area contributed by atoms with E-state index < -0.39 is 0 Å². The van der Waals surface area contributed by atoms with Crippen molar-refractivity contribution in [2.24, 2.45) is 0 Å². The number of piperidine rings is 1. The molecule has 1 atom stereocenters. The fourth-order valence-corrected chi connectivity index (χ4v) is 3.41. The molecule has 1 aliphatic heterocycles. The Morgan fingerprint density at radius 3 is 2.74 bits per heavy atom. The van der Waals surface area contributed by atoms with Crippen molar-refractivity contribution < 1.29 is 4.74 Å². The molecule has 1 fully saturated rings. The first kappa shape index (κ1) is 16.0. The van der Waals surface area contributed by atoms with Crippen LogP contribution in [-0.2, 0) is 6.61 Å². The Hall–Kier alpha value is -1.87. The molecule has 3 rings (SSSR count). The molecule has 2 aromatic rings. The van der Waals surface area contributed by atoms with E-state index in [0.717, 1.165) is 12.4 Å². The Bertz CT molecular complexity index is 612. The fourth-order valence-electron chi connectivity index (χ4n) is 3.41. The lowest BCUT2D eigenvalue weighted by atomic mass is 9.94. The number of hydrogen-bond donors (Lipinski definition) is 0. The van der Waals surface area contributed by atoms with E-state index in [1.807, 2.05) is 30.5 Å². The summed E-state index contributed by atoms with van der Waals surface area (Å²) in [6.45, 7) is 6.28. The van der Waals surface area contributed by atoms with Crippen LogP contribution in [0, 0.1) is 0 Å². The van der Waals surface area contributed by atoms with Crippen molar-refractivity contribution in [2.75, 3.05) is 6.54 Å². The first-order valence-corrected chi connectivity index (χ1v) is 8.63. The molecule has 0 saturated carbocycles. The Morgan fingerprint density at radius 1 is 1.13 bits per heavy atom. The minimum Gasteiger partial charge on any atom is -0.473 e. The van der Waals surface area contributed by atoms with Crippen LogP contribution >= 0.6 is 0 Å². The number of aromatic nitrogens is 1. The van der Waals surface area contributed by atoms with E-state index in [4.69, 9.17) is 4.74 Å². The largest absolute Gasteiger partial charge is 0.473 e. The summed E-state index contributed by atoms with van der Waals surface area (Å²) in [6.07, 6.45) is 5.58. The first-order chi connectivity index (χ1) is 11.3. The van der Waals surface area contributed by atoms with Crippen LogP contribution in [0.15, 0.2) is 48.7 Å². The maximum Gasteiger partial charge on any atom is 0.218 e. The lowest BCUT2D eigenvalue weighted by Crippen LogP contribution is -2.38. The number of likely N-dealkylation sites (tertiary alicyclic amines) is 1. The van der Waals surface area contributed by atoms with Gasteiger partial charge < -0.3 is 4.74 Å². The molecule has 3 nitrogen and oxygen atoms in total. The van der Waals surface area contributed by atoms with Gasteiger partial charge in [-0.3, -0.25) is 4.90 Å². The smallest absolute Gasteiger partial charge is 0.218 e. The van der Waals surface area contributed by atoms with Crippen molar-refractivity contribution in [3.8, 4) is 5.88 Å². The highest BCUT2D eigenvalue weighted by Crippen LogP contribution is 2.36. The second-order valence-corrected chi connectivity index (χ2v) is 6.52. The Balaban J connectivity index is 1.79. The zero-order valence-electron chi connectivity index (χ0n) is 14.1. The van der Waals surface area contributed by atoms with Crippen LogP contribution in [-0.4, -0.2) is 22.5 Å². The summed E-state index contributed by atoms with van der Waals surface area (Å²) >= 11 is 0. The van der Waals surface area contributed by atoms with Crippen molar-refractivity contribution in [1.29, 1.82) is 0 Å². The second-order valence-electron chi connectivity index (χ2n) is 6.52. The quantitative estimate of drug-likeness (QED) is 0.807. The minimum absolute atomic E-state index is 0.420. The topological polar surface area (TPSA) is 25.4 Å².